The summed E-state index contributed by atoms with van der Waals surface area (Å²) in [5.74, 6) is 0.107. The van der Waals surface area contributed by atoms with Gasteiger partial charge in [-0.15, -0.1) is 0 Å². The van der Waals surface area contributed by atoms with E-state index in [0.717, 1.165) is 49.0 Å². The molecule has 1 aliphatic heterocycles. The Hall–Kier alpha value is -1.85. The smallest absolute Gasteiger partial charge is 0.256 e. The monoisotopic (exact) mass is 316 g/mol. The van der Waals surface area contributed by atoms with Crippen LogP contribution in [0.3, 0.4) is 0 Å². The Morgan fingerprint density at radius 3 is 2.83 bits per heavy atom. The van der Waals surface area contributed by atoms with Crippen molar-refractivity contribution >= 4 is 16.8 Å². The number of H-pyrrole nitrogens is 1. The lowest BCUT2D eigenvalue weighted by atomic mass is 10.1. The molecule has 1 amide bonds. The summed E-state index contributed by atoms with van der Waals surface area (Å²) in [5.41, 5.74) is 1.77. The van der Waals surface area contributed by atoms with Crippen molar-refractivity contribution in [2.75, 3.05) is 32.9 Å². The number of hydrogen-bond donors (Lipinski definition) is 1. The zero-order chi connectivity index (χ0) is 16.1. The van der Waals surface area contributed by atoms with Gasteiger partial charge in [-0.1, -0.05) is 18.2 Å². The first kappa shape index (κ1) is 16.0. The number of fused-ring (bicyclic) bond motifs is 1. The van der Waals surface area contributed by atoms with Gasteiger partial charge in [-0.25, -0.2) is 0 Å². The summed E-state index contributed by atoms with van der Waals surface area (Å²) in [5, 5.41) is 0.993. The van der Waals surface area contributed by atoms with Gasteiger partial charge in [0, 0.05) is 36.8 Å². The molecule has 0 aliphatic carbocycles. The molecule has 1 N–H and O–H groups in total. The molecule has 23 heavy (non-hydrogen) atoms. The maximum absolute atomic E-state index is 12.7. The molecule has 1 saturated heterocycles. The van der Waals surface area contributed by atoms with Crippen LogP contribution in [0.4, 0.5) is 0 Å². The third kappa shape index (κ3) is 3.74. The number of rotatable bonds is 6. The van der Waals surface area contributed by atoms with Gasteiger partial charge in [-0.3, -0.25) is 4.79 Å². The number of hydrogen-bond acceptors (Lipinski definition) is 3. The fraction of sp³-hybridized carbons (Fsp3) is 0.500. The Morgan fingerprint density at radius 1 is 1.26 bits per heavy atom. The first-order valence-corrected chi connectivity index (χ1v) is 8.34. The number of piperidine rings is 1. The SMILES string of the molecule is CCOCCOC1CCN(C(=O)c2c[nH]c3ccccc23)CC1. The normalized spacial score (nSPS) is 16.1. The van der Waals surface area contributed by atoms with Crippen LogP contribution in [-0.2, 0) is 9.47 Å². The van der Waals surface area contributed by atoms with Crippen LogP contribution in [0.25, 0.3) is 10.9 Å². The number of nitrogens with one attached hydrogen (secondary N) is 1. The van der Waals surface area contributed by atoms with E-state index >= 15 is 0 Å². The van der Waals surface area contributed by atoms with Gasteiger partial charge in [-0.05, 0) is 25.8 Å². The topological polar surface area (TPSA) is 54.6 Å². The summed E-state index contributed by atoms with van der Waals surface area (Å²) in [6.45, 7) is 5.48. The maximum atomic E-state index is 12.7. The Morgan fingerprint density at radius 2 is 2.04 bits per heavy atom. The minimum atomic E-state index is 0.107. The second-order valence-corrected chi connectivity index (χ2v) is 5.81. The number of aromatic amines is 1. The molecule has 0 spiro atoms. The Kier molecular flexibility index (Phi) is 5.31. The molecular weight excluding hydrogens is 292 g/mol. The van der Waals surface area contributed by atoms with E-state index in [1.165, 1.54) is 0 Å². The van der Waals surface area contributed by atoms with E-state index in [-0.39, 0.29) is 12.0 Å². The average molecular weight is 316 g/mol. The van der Waals surface area contributed by atoms with Crippen molar-refractivity contribution in [2.24, 2.45) is 0 Å². The van der Waals surface area contributed by atoms with Crippen molar-refractivity contribution in [3.63, 3.8) is 0 Å². The van der Waals surface area contributed by atoms with Gasteiger partial charge in [0.15, 0.2) is 0 Å². The number of carbonyl (C=O) groups excluding carboxylic acids is 1. The summed E-state index contributed by atoms with van der Waals surface area (Å²) in [7, 11) is 0. The standard InChI is InChI=1S/C18H24N2O3/c1-2-22-11-12-23-14-7-9-20(10-8-14)18(21)16-13-19-17-6-4-3-5-15(16)17/h3-6,13-14,19H,2,7-12H2,1H3. The molecule has 1 aromatic carbocycles. The lowest BCUT2D eigenvalue weighted by Gasteiger charge is -2.31. The van der Waals surface area contributed by atoms with E-state index in [0.29, 0.717) is 13.2 Å². The number of nitrogens with zero attached hydrogens (tertiary/aromatic N) is 1. The molecule has 1 aliphatic rings. The van der Waals surface area contributed by atoms with Crippen LogP contribution in [0, 0.1) is 0 Å². The molecule has 2 heterocycles. The number of carbonyl (C=O) groups is 1. The van der Waals surface area contributed by atoms with Crippen molar-refractivity contribution in [1.82, 2.24) is 9.88 Å². The van der Waals surface area contributed by atoms with E-state index in [1.54, 1.807) is 0 Å². The van der Waals surface area contributed by atoms with Gasteiger partial charge in [-0.2, -0.15) is 0 Å². The minimum Gasteiger partial charge on any atom is -0.379 e. The quantitative estimate of drug-likeness (QED) is 0.834. The largest absolute Gasteiger partial charge is 0.379 e. The van der Waals surface area contributed by atoms with Crippen LogP contribution < -0.4 is 0 Å². The highest BCUT2D eigenvalue weighted by Crippen LogP contribution is 2.22. The van der Waals surface area contributed by atoms with E-state index in [2.05, 4.69) is 4.98 Å². The van der Waals surface area contributed by atoms with Crippen molar-refractivity contribution in [3.8, 4) is 0 Å². The van der Waals surface area contributed by atoms with E-state index in [9.17, 15) is 4.79 Å². The highest BCUT2D eigenvalue weighted by atomic mass is 16.5. The van der Waals surface area contributed by atoms with Gasteiger partial charge in [0.25, 0.3) is 5.91 Å². The lowest BCUT2D eigenvalue weighted by Crippen LogP contribution is -2.41. The van der Waals surface area contributed by atoms with Crippen molar-refractivity contribution < 1.29 is 14.3 Å². The summed E-state index contributed by atoms with van der Waals surface area (Å²) in [6, 6.07) is 7.91. The van der Waals surface area contributed by atoms with Gasteiger partial charge < -0.3 is 19.4 Å². The van der Waals surface area contributed by atoms with E-state index in [4.69, 9.17) is 9.47 Å². The third-order valence-electron chi connectivity index (χ3n) is 4.33. The van der Waals surface area contributed by atoms with Gasteiger partial charge in [0.05, 0.1) is 24.9 Å². The second kappa shape index (κ2) is 7.62. The first-order valence-electron chi connectivity index (χ1n) is 8.34. The second-order valence-electron chi connectivity index (χ2n) is 5.81. The van der Waals surface area contributed by atoms with Crippen LogP contribution in [-0.4, -0.2) is 54.8 Å². The molecule has 0 radical (unpaired) electrons. The molecule has 5 nitrogen and oxygen atoms in total. The fourth-order valence-electron chi connectivity index (χ4n) is 3.06. The Bertz CT molecular complexity index is 645. The number of ether oxygens (including phenoxy) is 2. The maximum Gasteiger partial charge on any atom is 0.256 e. The average Bonchev–Trinajstić information content (AvgIpc) is 3.03. The third-order valence-corrected chi connectivity index (χ3v) is 4.33. The lowest BCUT2D eigenvalue weighted by molar-refractivity contribution is -0.0182. The Labute approximate surface area is 136 Å². The summed E-state index contributed by atoms with van der Waals surface area (Å²) in [4.78, 5) is 17.8. The van der Waals surface area contributed by atoms with Gasteiger partial charge >= 0.3 is 0 Å². The number of likely N-dealkylation sites (tertiary alicyclic amines) is 1. The molecule has 0 atom stereocenters. The van der Waals surface area contributed by atoms with Gasteiger partial charge in [0.2, 0.25) is 0 Å². The predicted octanol–water partition coefficient (Wildman–Crippen LogP) is 2.83. The van der Waals surface area contributed by atoms with Crippen LogP contribution in [0.1, 0.15) is 30.1 Å². The molecule has 1 aromatic heterocycles. The van der Waals surface area contributed by atoms with Crippen LogP contribution in [0.2, 0.25) is 0 Å². The number of para-hydroxylation sites is 1. The van der Waals surface area contributed by atoms with Crippen molar-refractivity contribution in [3.05, 3.63) is 36.0 Å². The van der Waals surface area contributed by atoms with Crippen molar-refractivity contribution in [2.45, 2.75) is 25.9 Å². The van der Waals surface area contributed by atoms with Gasteiger partial charge in [0.1, 0.15) is 0 Å². The molecule has 124 valence electrons. The molecule has 0 saturated carbocycles. The molecule has 5 heteroatoms. The molecule has 2 aromatic rings. The van der Waals surface area contributed by atoms with Crippen molar-refractivity contribution in [1.29, 1.82) is 0 Å². The van der Waals surface area contributed by atoms with Crippen LogP contribution in [0.15, 0.2) is 30.5 Å². The molecular formula is C18H24N2O3. The minimum absolute atomic E-state index is 0.107. The number of benzene rings is 1. The molecule has 0 unspecified atom stereocenters. The fourth-order valence-corrected chi connectivity index (χ4v) is 3.06. The van der Waals surface area contributed by atoms with E-state index < -0.39 is 0 Å². The van der Waals surface area contributed by atoms with E-state index in [1.807, 2.05) is 42.3 Å². The molecule has 0 bridgehead atoms. The number of amides is 1. The highest BCUT2D eigenvalue weighted by Gasteiger charge is 2.25. The first-order chi connectivity index (χ1) is 11.3. The Balaban J connectivity index is 1.54. The van der Waals surface area contributed by atoms with Crippen LogP contribution in [0.5, 0.6) is 0 Å². The zero-order valence-electron chi connectivity index (χ0n) is 13.6. The summed E-state index contributed by atoms with van der Waals surface area (Å²) >= 11 is 0. The number of aromatic nitrogens is 1. The predicted molar refractivity (Wildman–Crippen MR) is 89.7 cm³/mol. The highest BCUT2D eigenvalue weighted by molar-refractivity contribution is 6.06. The molecule has 3 rings (SSSR count). The summed E-state index contributed by atoms with van der Waals surface area (Å²) < 4.78 is 11.1. The molecule has 1 fully saturated rings. The zero-order valence-corrected chi connectivity index (χ0v) is 13.6. The van der Waals surface area contributed by atoms with Crippen LogP contribution >= 0.6 is 0 Å². The summed E-state index contributed by atoms with van der Waals surface area (Å²) in [6.07, 6.45) is 3.83.